The molecule has 2 aromatic rings. The van der Waals surface area contributed by atoms with E-state index in [1.807, 2.05) is 24.3 Å². The topological polar surface area (TPSA) is 45.2 Å². The first-order valence-electron chi connectivity index (χ1n) is 8.00. The number of piperidine rings is 1. The van der Waals surface area contributed by atoms with Crippen molar-refractivity contribution in [3.05, 3.63) is 63.9 Å². The van der Waals surface area contributed by atoms with Crippen LogP contribution in [-0.2, 0) is 6.54 Å². The Morgan fingerprint density at radius 3 is 2.62 bits per heavy atom. The molecule has 0 atom stereocenters. The molecule has 1 saturated heterocycles. The molecule has 0 spiro atoms. The van der Waals surface area contributed by atoms with E-state index in [0.29, 0.717) is 15.7 Å². The van der Waals surface area contributed by atoms with Crippen LogP contribution in [0, 0.1) is 0 Å². The summed E-state index contributed by atoms with van der Waals surface area (Å²) in [4.78, 5) is 18.6. The Kier molecular flexibility index (Phi) is 5.72. The van der Waals surface area contributed by atoms with E-state index in [0.717, 1.165) is 38.0 Å². The minimum Gasteiger partial charge on any atom is -0.348 e. The number of carbonyl (C=O) groups excluding carboxylic acids is 1. The summed E-state index contributed by atoms with van der Waals surface area (Å²) < 4.78 is 0. The number of amides is 1. The van der Waals surface area contributed by atoms with Gasteiger partial charge in [-0.25, -0.2) is 0 Å². The highest BCUT2D eigenvalue weighted by molar-refractivity contribution is 6.42. The van der Waals surface area contributed by atoms with Crippen molar-refractivity contribution in [3.63, 3.8) is 0 Å². The second kappa shape index (κ2) is 7.97. The number of carbonyl (C=O) groups is 1. The molecule has 4 nitrogen and oxygen atoms in total. The number of pyridine rings is 1. The average Bonchev–Trinajstić information content (AvgIpc) is 2.61. The maximum atomic E-state index is 12.1. The molecule has 0 radical (unpaired) electrons. The number of nitrogens with zero attached hydrogens (tertiary/aromatic N) is 2. The summed E-state index contributed by atoms with van der Waals surface area (Å²) in [5, 5.41) is 4.24. The Morgan fingerprint density at radius 1 is 1.17 bits per heavy atom. The van der Waals surface area contributed by atoms with Gasteiger partial charge in [0.25, 0.3) is 5.91 Å². The van der Waals surface area contributed by atoms with Gasteiger partial charge in [-0.1, -0.05) is 35.3 Å². The summed E-state index contributed by atoms with van der Waals surface area (Å²) in [5.41, 5.74) is 1.62. The van der Waals surface area contributed by atoms with Gasteiger partial charge in [0.2, 0.25) is 0 Å². The number of halogens is 2. The van der Waals surface area contributed by atoms with Crippen molar-refractivity contribution in [2.75, 3.05) is 13.1 Å². The van der Waals surface area contributed by atoms with Crippen molar-refractivity contribution in [2.24, 2.45) is 0 Å². The molecule has 3 rings (SSSR count). The molecule has 1 N–H and O–H groups in total. The van der Waals surface area contributed by atoms with E-state index in [1.54, 1.807) is 18.3 Å². The molecule has 1 fully saturated rings. The van der Waals surface area contributed by atoms with Crippen LogP contribution in [0.15, 0.2) is 42.6 Å². The van der Waals surface area contributed by atoms with Gasteiger partial charge < -0.3 is 5.32 Å². The van der Waals surface area contributed by atoms with Crippen molar-refractivity contribution < 1.29 is 4.79 Å². The smallest absolute Gasteiger partial charge is 0.270 e. The Morgan fingerprint density at radius 2 is 1.96 bits per heavy atom. The number of aromatic nitrogens is 1. The van der Waals surface area contributed by atoms with Crippen molar-refractivity contribution in [2.45, 2.75) is 25.4 Å². The second-order valence-electron chi connectivity index (χ2n) is 5.99. The number of benzene rings is 1. The predicted octanol–water partition coefficient (Wildman–Crippen LogP) is 3.78. The molecule has 0 bridgehead atoms. The van der Waals surface area contributed by atoms with Crippen LogP contribution in [-0.4, -0.2) is 34.9 Å². The molecular weight excluding hydrogens is 345 g/mol. The predicted molar refractivity (Wildman–Crippen MR) is 96.5 cm³/mol. The van der Waals surface area contributed by atoms with Gasteiger partial charge in [0, 0.05) is 31.9 Å². The number of hydrogen-bond acceptors (Lipinski definition) is 3. The lowest BCUT2D eigenvalue weighted by atomic mass is 10.0. The third-order valence-corrected chi connectivity index (χ3v) is 4.95. The van der Waals surface area contributed by atoms with Crippen molar-refractivity contribution >= 4 is 29.1 Å². The first kappa shape index (κ1) is 17.2. The van der Waals surface area contributed by atoms with E-state index in [9.17, 15) is 4.79 Å². The fourth-order valence-electron chi connectivity index (χ4n) is 2.89. The first-order chi connectivity index (χ1) is 11.6. The SMILES string of the molecule is O=C(NC1CCN(Cc2ccc(Cl)c(Cl)c2)CC1)c1ccccn1. The van der Waals surface area contributed by atoms with Crippen molar-refractivity contribution in [1.29, 1.82) is 0 Å². The Labute approximate surface area is 151 Å². The molecule has 1 aromatic carbocycles. The molecule has 24 heavy (non-hydrogen) atoms. The van der Waals surface area contributed by atoms with Crippen LogP contribution < -0.4 is 5.32 Å². The second-order valence-corrected chi connectivity index (χ2v) is 6.80. The third-order valence-electron chi connectivity index (χ3n) is 4.21. The molecule has 2 heterocycles. The molecule has 1 aliphatic heterocycles. The van der Waals surface area contributed by atoms with Crippen LogP contribution in [0.2, 0.25) is 10.0 Å². The number of rotatable bonds is 4. The zero-order valence-corrected chi connectivity index (χ0v) is 14.7. The highest BCUT2D eigenvalue weighted by Crippen LogP contribution is 2.24. The van der Waals surface area contributed by atoms with Crippen LogP contribution in [0.25, 0.3) is 0 Å². The summed E-state index contributed by atoms with van der Waals surface area (Å²) in [6, 6.07) is 11.3. The van der Waals surface area contributed by atoms with Crippen molar-refractivity contribution in [3.8, 4) is 0 Å². The lowest BCUT2D eigenvalue weighted by Gasteiger charge is -2.32. The van der Waals surface area contributed by atoms with Gasteiger partial charge in [-0.05, 0) is 42.7 Å². The maximum absolute atomic E-state index is 12.1. The quantitative estimate of drug-likeness (QED) is 0.898. The summed E-state index contributed by atoms with van der Waals surface area (Å²) in [5.74, 6) is -0.0986. The monoisotopic (exact) mass is 363 g/mol. The summed E-state index contributed by atoms with van der Waals surface area (Å²) in [6.45, 7) is 2.72. The first-order valence-corrected chi connectivity index (χ1v) is 8.75. The molecule has 0 unspecified atom stereocenters. The van der Waals surface area contributed by atoms with E-state index >= 15 is 0 Å². The summed E-state index contributed by atoms with van der Waals surface area (Å²) in [6.07, 6.45) is 3.49. The molecule has 126 valence electrons. The molecular formula is C18H19Cl2N3O. The van der Waals surface area contributed by atoms with Gasteiger partial charge in [0.1, 0.15) is 5.69 Å². The lowest BCUT2D eigenvalue weighted by Crippen LogP contribution is -2.44. The van der Waals surface area contributed by atoms with Gasteiger partial charge in [-0.15, -0.1) is 0 Å². The summed E-state index contributed by atoms with van der Waals surface area (Å²) in [7, 11) is 0. The normalized spacial score (nSPS) is 16.1. The van der Waals surface area contributed by atoms with Gasteiger partial charge in [0.05, 0.1) is 10.0 Å². The number of nitrogens with one attached hydrogen (secondary N) is 1. The van der Waals surface area contributed by atoms with Crippen LogP contribution in [0.5, 0.6) is 0 Å². The fraction of sp³-hybridized carbons (Fsp3) is 0.333. The Balaban J connectivity index is 1.49. The van der Waals surface area contributed by atoms with Gasteiger partial charge >= 0.3 is 0 Å². The minimum absolute atomic E-state index is 0.0986. The minimum atomic E-state index is -0.0986. The zero-order chi connectivity index (χ0) is 16.9. The van der Waals surface area contributed by atoms with Crippen LogP contribution in [0.4, 0.5) is 0 Å². The Hall–Kier alpha value is -1.62. The molecule has 6 heteroatoms. The van der Waals surface area contributed by atoms with E-state index in [2.05, 4.69) is 15.2 Å². The highest BCUT2D eigenvalue weighted by atomic mass is 35.5. The van der Waals surface area contributed by atoms with Gasteiger partial charge in [-0.2, -0.15) is 0 Å². The Bertz CT molecular complexity index is 701. The standard InChI is InChI=1S/C18H19Cl2N3O/c19-15-5-4-13(11-16(15)20)12-23-9-6-14(7-10-23)22-18(24)17-3-1-2-8-21-17/h1-5,8,11,14H,6-7,9-10,12H2,(H,22,24). The zero-order valence-electron chi connectivity index (χ0n) is 13.2. The highest BCUT2D eigenvalue weighted by Gasteiger charge is 2.21. The number of likely N-dealkylation sites (tertiary alicyclic amines) is 1. The molecule has 0 saturated carbocycles. The van der Waals surface area contributed by atoms with Gasteiger partial charge in [-0.3, -0.25) is 14.7 Å². The van der Waals surface area contributed by atoms with Crippen LogP contribution in [0.1, 0.15) is 28.9 Å². The average molecular weight is 364 g/mol. The van der Waals surface area contributed by atoms with E-state index < -0.39 is 0 Å². The van der Waals surface area contributed by atoms with Gasteiger partial charge in [0.15, 0.2) is 0 Å². The van der Waals surface area contributed by atoms with E-state index in [4.69, 9.17) is 23.2 Å². The molecule has 1 aromatic heterocycles. The maximum Gasteiger partial charge on any atom is 0.270 e. The molecule has 1 aliphatic rings. The fourth-order valence-corrected chi connectivity index (χ4v) is 3.21. The van der Waals surface area contributed by atoms with E-state index in [1.165, 1.54) is 0 Å². The largest absolute Gasteiger partial charge is 0.348 e. The van der Waals surface area contributed by atoms with Crippen LogP contribution >= 0.6 is 23.2 Å². The molecule has 0 aliphatic carbocycles. The van der Waals surface area contributed by atoms with E-state index in [-0.39, 0.29) is 11.9 Å². The number of hydrogen-bond donors (Lipinski definition) is 1. The third kappa shape index (κ3) is 4.47. The molecule has 1 amide bonds. The van der Waals surface area contributed by atoms with Crippen LogP contribution in [0.3, 0.4) is 0 Å². The summed E-state index contributed by atoms with van der Waals surface area (Å²) >= 11 is 12.0. The van der Waals surface area contributed by atoms with Crippen molar-refractivity contribution in [1.82, 2.24) is 15.2 Å². The lowest BCUT2D eigenvalue weighted by molar-refractivity contribution is 0.0904.